The smallest absolute Gasteiger partial charge is 0.101 e. The summed E-state index contributed by atoms with van der Waals surface area (Å²) in [6.07, 6.45) is 16.5. The second-order valence-corrected chi connectivity index (χ2v) is 8.66. The van der Waals surface area contributed by atoms with Crippen LogP contribution in [0.15, 0.2) is 18.2 Å². The van der Waals surface area contributed by atoms with Crippen molar-refractivity contribution in [2.45, 2.75) is 89.4 Å². The standard InChI is InChI=1S/C22H30ClN/c1-2-3-4-5-6-9-21-10-13-22(14-11-21,15-12-21)19-8-7-18(17-24)20(23)16-19/h7-8,16H,2-6,9-15H2,1H3. The van der Waals surface area contributed by atoms with E-state index in [1.54, 1.807) is 0 Å². The second kappa shape index (κ2) is 7.49. The molecule has 130 valence electrons. The van der Waals surface area contributed by atoms with Crippen molar-refractivity contribution in [2.24, 2.45) is 5.41 Å². The lowest BCUT2D eigenvalue weighted by molar-refractivity contribution is 0.0304. The van der Waals surface area contributed by atoms with Crippen molar-refractivity contribution in [3.05, 3.63) is 34.3 Å². The van der Waals surface area contributed by atoms with Crippen LogP contribution < -0.4 is 0 Å². The molecular formula is C22H30ClN. The van der Waals surface area contributed by atoms with E-state index in [4.69, 9.17) is 16.9 Å². The van der Waals surface area contributed by atoms with E-state index in [1.165, 1.54) is 82.6 Å². The number of nitrogens with zero attached hydrogens (tertiary/aromatic N) is 1. The van der Waals surface area contributed by atoms with Gasteiger partial charge >= 0.3 is 0 Å². The van der Waals surface area contributed by atoms with Crippen LogP contribution in [0.2, 0.25) is 5.02 Å². The van der Waals surface area contributed by atoms with Gasteiger partial charge in [0.2, 0.25) is 0 Å². The molecule has 3 aliphatic rings. The van der Waals surface area contributed by atoms with Gasteiger partial charge in [0.1, 0.15) is 6.07 Å². The predicted octanol–water partition coefficient (Wildman–Crippen LogP) is 7.16. The van der Waals surface area contributed by atoms with Crippen molar-refractivity contribution in [3.8, 4) is 6.07 Å². The third kappa shape index (κ3) is 3.50. The molecule has 0 atom stereocenters. The summed E-state index contributed by atoms with van der Waals surface area (Å²) < 4.78 is 0. The topological polar surface area (TPSA) is 23.8 Å². The number of benzene rings is 1. The summed E-state index contributed by atoms with van der Waals surface area (Å²) >= 11 is 6.30. The van der Waals surface area contributed by atoms with E-state index in [-0.39, 0.29) is 0 Å². The Morgan fingerprint density at radius 2 is 1.67 bits per heavy atom. The lowest BCUT2D eigenvalue weighted by Gasteiger charge is -2.54. The first-order valence-corrected chi connectivity index (χ1v) is 10.2. The van der Waals surface area contributed by atoms with E-state index in [1.807, 2.05) is 6.07 Å². The molecule has 0 radical (unpaired) electrons. The highest BCUT2D eigenvalue weighted by Crippen LogP contribution is 2.59. The molecule has 0 amide bonds. The van der Waals surface area contributed by atoms with E-state index in [0.29, 0.717) is 21.4 Å². The van der Waals surface area contributed by atoms with Crippen molar-refractivity contribution in [1.82, 2.24) is 0 Å². The summed E-state index contributed by atoms with van der Waals surface area (Å²) in [6.45, 7) is 2.29. The summed E-state index contributed by atoms with van der Waals surface area (Å²) in [5, 5.41) is 9.71. The minimum Gasteiger partial charge on any atom is -0.192 e. The van der Waals surface area contributed by atoms with Gasteiger partial charge in [0.05, 0.1) is 10.6 Å². The molecule has 0 aromatic heterocycles. The van der Waals surface area contributed by atoms with Crippen LogP contribution in [0.4, 0.5) is 0 Å². The van der Waals surface area contributed by atoms with E-state index < -0.39 is 0 Å². The molecule has 0 spiro atoms. The van der Waals surface area contributed by atoms with Gasteiger partial charge in [-0.2, -0.15) is 5.26 Å². The van der Waals surface area contributed by atoms with Crippen LogP contribution in [-0.4, -0.2) is 0 Å². The third-order valence-electron chi connectivity index (χ3n) is 6.91. The van der Waals surface area contributed by atoms with E-state index in [9.17, 15) is 0 Å². The first-order chi connectivity index (χ1) is 11.6. The zero-order valence-corrected chi connectivity index (χ0v) is 15.8. The molecule has 24 heavy (non-hydrogen) atoms. The average Bonchev–Trinajstić information content (AvgIpc) is 2.63. The number of nitriles is 1. The molecule has 3 fully saturated rings. The quantitative estimate of drug-likeness (QED) is 0.481. The highest BCUT2D eigenvalue weighted by Gasteiger charge is 2.48. The van der Waals surface area contributed by atoms with E-state index >= 15 is 0 Å². The second-order valence-electron chi connectivity index (χ2n) is 8.25. The molecule has 1 nitrogen and oxygen atoms in total. The minimum absolute atomic E-state index is 0.335. The lowest BCUT2D eigenvalue weighted by Crippen LogP contribution is -2.44. The molecule has 3 saturated carbocycles. The first kappa shape index (κ1) is 17.8. The average molecular weight is 344 g/mol. The van der Waals surface area contributed by atoms with Gasteiger partial charge in [-0.3, -0.25) is 0 Å². The maximum absolute atomic E-state index is 9.08. The Labute approximate surface area is 152 Å². The van der Waals surface area contributed by atoms with Gasteiger partial charge in [0.15, 0.2) is 0 Å². The number of fused-ring (bicyclic) bond motifs is 3. The van der Waals surface area contributed by atoms with Crippen molar-refractivity contribution >= 4 is 11.6 Å². The fraction of sp³-hybridized carbons (Fsp3) is 0.682. The zero-order chi connectivity index (χ0) is 17.0. The largest absolute Gasteiger partial charge is 0.192 e. The number of halogens is 1. The molecule has 0 aliphatic heterocycles. The zero-order valence-electron chi connectivity index (χ0n) is 15.0. The van der Waals surface area contributed by atoms with Crippen LogP contribution in [0, 0.1) is 16.7 Å². The highest BCUT2D eigenvalue weighted by atomic mass is 35.5. The number of hydrogen-bond acceptors (Lipinski definition) is 1. The number of unbranched alkanes of at least 4 members (excludes halogenated alkanes) is 4. The van der Waals surface area contributed by atoms with Crippen molar-refractivity contribution in [1.29, 1.82) is 5.26 Å². The molecule has 4 rings (SSSR count). The van der Waals surface area contributed by atoms with Crippen LogP contribution in [0.3, 0.4) is 0 Å². The Morgan fingerprint density at radius 3 is 2.25 bits per heavy atom. The molecule has 1 aromatic rings. The van der Waals surface area contributed by atoms with Gasteiger partial charge in [-0.05, 0) is 73.5 Å². The molecule has 2 bridgehead atoms. The predicted molar refractivity (Wildman–Crippen MR) is 101 cm³/mol. The normalized spacial score (nSPS) is 28.7. The first-order valence-electron chi connectivity index (χ1n) is 9.83. The SMILES string of the molecule is CCCCCCCC12CCC(c3ccc(C#N)c(Cl)c3)(CC1)CC2. The Bertz CT molecular complexity index is 588. The fourth-order valence-electron chi connectivity index (χ4n) is 5.11. The van der Waals surface area contributed by atoms with Crippen LogP contribution in [0.25, 0.3) is 0 Å². The molecule has 0 saturated heterocycles. The Kier molecular flexibility index (Phi) is 5.56. The Hall–Kier alpha value is -1.00. The monoisotopic (exact) mass is 343 g/mol. The molecule has 3 aliphatic carbocycles. The molecule has 0 heterocycles. The molecule has 0 unspecified atom stereocenters. The van der Waals surface area contributed by atoms with Crippen LogP contribution in [0.1, 0.15) is 95.1 Å². The van der Waals surface area contributed by atoms with Gasteiger partial charge in [0.25, 0.3) is 0 Å². The summed E-state index contributed by atoms with van der Waals surface area (Å²) in [5.74, 6) is 0. The maximum Gasteiger partial charge on any atom is 0.101 e. The maximum atomic E-state index is 9.08. The van der Waals surface area contributed by atoms with Crippen molar-refractivity contribution < 1.29 is 0 Å². The molecule has 1 aromatic carbocycles. The van der Waals surface area contributed by atoms with Gasteiger partial charge in [-0.25, -0.2) is 0 Å². The summed E-state index contributed by atoms with van der Waals surface area (Å²) in [7, 11) is 0. The van der Waals surface area contributed by atoms with Crippen molar-refractivity contribution in [2.75, 3.05) is 0 Å². The van der Waals surface area contributed by atoms with Crippen LogP contribution in [0.5, 0.6) is 0 Å². The summed E-state index contributed by atoms with van der Waals surface area (Å²) in [4.78, 5) is 0. The third-order valence-corrected chi connectivity index (χ3v) is 7.23. The molecule has 0 N–H and O–H groups in total. The Morgan fingerprint density at radius 1 is 1.00 bits per heavy atom. The van der Waals surface area contributed by atoms with E-state index in [0.717, 1.165) is 0 Å². The molecule has 2 heteroatoms. The van der Waals surface area contributed by atoms with Crippen LogP contribution in [-0.2, 0) is 5.41 Å². The summed E-state index contributed by atoms with van der Waals surface area (Å²) in [5.41, 5.74) is 2.96. The van der Waals surface area contributed by atoms with Crippen LogP contribution >= 0.6 is 11.6 Å². The number of hydrogen-bond donors (Lipinski definition) is 0. The molecular weight excluding hydrogens is 314 g/mol. The summed E-state index contributed by atoms with van der Waals surface area (Å²) in [6, 6.07) is 8.32. The Balaban J connectivity index is 1.61. The van der Waals surface area contributed by atoms with Gasteiger partial charge < -0.3 is 0 Å². The fourth-order valence-corrected chi connectivity index (χ4v) is 5.33. The number of rotatable bonds is 7. The van der Waals surface area contributed by atoms with Gasteiger partial charge in [0, 0.05) is 0 Å². The minimum atomic E-state index is 0.335. The lowest BCUT2D eigenvalue weighted by atomic mass is 9.51. The van der Waals surface area contributed by atoms with Gasteiger partial charge in [-0.1, -0.05) is 56.7 Å². The van der Waals surface area contributed by atoms with E-state index in [2.05, 4.69) is 25.1 Å². The highest BCUT2D eigenvalue weighted by molar-refractivity contribution is 6.31. The van der Waals surface area contributed by atoms with Gasteiger partial charge in [-0.15, -0.1) is 0 Å². The van der Waals surface area contributed by atoms with Crippen molar-refractivity contribution in [3.63, 3.8) is 0 Å².